The van der Waals surface area contributed by atoms with Crippen molar-refractivity contribution in [2.24, 2.45) is 23.7 Å². The van der Waals surface area contributed by atoms with E-state index in [1.165, 1.54) is 4.90 Å². The van der Waals surface area contributed by atoms with Gasteiger partial charge in [0.05, 0.1) is 39.3 Å². The molecule has 1 saturated heterocycles. The molecule has 2 saturated carbocycles. The number of ketones is 1. The van der Waals surface area contributed by atoms with Crippen LogP contribution in [0.15, 0.2) is 78.9 Å². The summed E-state index contributed by atoms with van der Waals surface area (Å²) in [6.07, 6.45) is 0.942. The Kier molecular flexibility index (Phi) is 8.36. The third-order valence-electron chi connectivity index (χ3n) is 9.57. The maximum Gasteiger partial charge on any atom is 0.339 e. The van der Waals surface area contributed by atoms with Gasteiger partial charge in [0.15, 0.2) is 6.10 Å². The van der Waals surface area contributed by atoms with E-state index in [1.54, 1.807) is 72.8 Å². The standard InChI is InChI=1S/C36H29Br2ClN2O5/c1-2-7-27(33(42)19-8-4-3-5-9-19)46-36(45)22-17-26(40-32-21(22)10-6-11-25(32)39)18-12-14-20(15-13-18)41-34(43)28-23-16-24(29(28)35(41)44)31(38)30(23)37/h3-6,8-15,17,23-24,27-31H,2,7,16H2,1H3. The maximum absolute atomic E-state index is 13.7. The van der Waals surface area contributed by atoms with Crippen LogP contribution in [-0.2, 0) is 14.3 Å². The molecular formula is C36H29Br2ClN2O5. The van der Waals surface area contributed by atoms with Gasteiger partial charge in [-0.2, -0.15) is 0 Å². The van der Waals surface area contributed by atoms with Crippen molar-refractivity contribution in [3.8, 4) is 11.3 Å². The van der Waals surface area contributed by atoms with Crippen LogP contribution in [0.2, 0.25) is 5.02 Å². The minimum Gasteiger partial charge on any atom is -0.450 e. The smallest absolute Gasteiger partial charge is 0.339 e. The first-order valence-corrected chi connectivity index (χ1v) is 17.6. The van der Waals surface area contributed by atoms with Crippen LogP contribution in [0, 0.1) is 23.7 Å². The van der Waals surface area contributed by atoms with Gasteiger partial charge in [0.2, 0.25) is 17.6 Å². The van der Waals surface area contributed by atoms with E-state index in [0.717, 1.165) is 6.42 Å². The zero-order valence-electron chi connectivity index (χ0n) is 24.7. The van der Waals surface area contributed by atoms with Crippen LogP contribution in [0.25, 0.3) is 22.2 Å². The molecule has 4 aromatic rings. The molecule has 2 bridgehead atoms. The van der Waals surface area contributed by atoms with E-state index in [9.17, 15) is 19.2 Å². The maximum atomic E-state index is 13.7. The van der Waals surface area contributed by atoms with Gasteiger partial charge in [-0.1, -0.05) is 111 Å². The molecule has 0 spiro atoms. The number of anilines is 1. The van der Waals surface area contributed by atoms with Gasteiger partial charge in [-0.05, 0) is 48.9 Å². The number of fused-ring (bicyclic) bond motifs is 6. The molecule has 3 aliphatic rings. The summed E-state index contributed by atoms with van der Waals surface area (Å²) >= 11 is 14.0. The number of Topliss-reactive ketones (excluding diaryl/α,β-unsaturated/α-hetero) is 1. The van der Waals surface area contributed by atoms with Crippen molar-refractivity contribution in [3.05, 3.63) is 95.0 Å². The number of benzene rings is 3. The number of halogens is 3. The number of nitrogens with zero attached hydrogens (tertiary/aromatic N) is 2. The third-order valence-corrected chi connectivity index (χ3v) is 13.1. The number of rotatable bonds is 8. The number of carbonyl (C=O) groups excluding carboxylic acids is 4. The van der Waals surface area contributed by atoms with Gasteiger partial charge in [-0.15, -0.1) is 0 Å². The fraction of sp³-hybridized carbons (Fsp3) is 0.306. The van der Waals surface area contributed by atoms with Gasteiger partial charge in [0.25, 0.3) is 0 Å². The Labute approximate surface area is 287 Å². The number of amides is 2. The molecule has 1 aromatic heterocycles. The second-order valence-electron chi connectivity index (χ2n) is 12.2. The summed E-state index contributed by atoms with van der Waals surface area (Å²) in [4.78, 5) is 60.5. The molecule has 2 amide bonds. The summed E-state index contributed by atoms with van der Waals surface area (Å²) in [5.41, 5.74) is 2.74. The summed E-state index contributed by atoms with van der Waals surface area (Å²) in [5.74, 6) is -1.56. The molecular weight excluding hydrogens is 736 g/mol. The molecule has 2 aliphatic carbocycles. The lowest BCUT2D eigenvalue weighted by molar-refractivity contribution is -0.123. The van der Waals surface area contributed by atoms with Crippen molar-refractivity contribution in [2.75, 3.05) is 4.90 Å². The Bertz CT molecular complexity index is 1850. The van der Waals surface area contributed by atoms with Crippen molar-refractivity contribution in [3.63, 3.8) is 0 Å². The van der Waals surface area contributed by atoms with Crippen molar-refractivity contribution in [1.82, 2.24) is 4.98 Å². The topological polar surface area (TPSA) is 93.6 Å². The summed E-state index contributed by atoms with van der Waals surface area (Å²) in [6.45, 7) is 1.93. The lowest BCUT2D eigenvalue weighted by atomic mass is 9.81. The SMILES string of the molecule is CCCC(OC(=O)c1cc(-c2ccc(N3C(=O)C4C5CC(C(Br)C5Br)C4C3=O)cc2)nc2c(Cl)cccc12)C(=O)c1ccccc1. The fourth-order valence-electron chi connectivity index (χ4n) is 7.40. The van der Waals surface area contributed by atoms with E-state index < -0.39 is 12.1 Å². The number of alkyl halides is 2. The van der Waals surface area contributed by atoms with Crippen molar-refractivity contribution < 1.29 is 23.9 Å². The molecule has 0 N–H and O–H groups in total. The molecule has 3 fully saturated rings. The average molecular weight is 765 g/mol. The zero-order valence-corrected chi connectivity index (χ0v) is 28.7. The van der Waals surface area contributed by atoms with Gasteiger partial charge in [-0.25, -0.2) is 9.78 Å². The molecule has 7 rings (SSSR count). The quantitative estimate of drug-likeness (QED) is 0.0781. The van der Waals surface area contributed by atoms with Gasteiger partial charge < -0.3 is 4.74 Å². The molecule has 46 heavy (non-hydrogen) atoms. The predicted octanol–water partition coefficient (Wildman–Crippen LogP) is 8.05. The lowest BCUT2D eigenvalue weighted by Gasteiger charge is -2.28. The Morgan fingerprint density at radius 2 is 1.59 bits per heavy atom. The molecule has 10 heteroatoms. The Hall–Kier alpha value is -3.40. The van der Waals surface area contributed by atoms with Crippen LogP contribution in [-0.4, -0.2) is 44.3 Å². The Balaban J connectivity index is 1.20. The molecule has 7 atom stereocenters. The summed E-state index contributed by atoms with van der Waals surface area (Å²) < 4.78 is 5.87. The van der Waals surface area contributed by atoms with Crippen molar-refractivity contribution in [1.29, 1.82) is 0 Å². The number of esters is 1. The summed E-state index contributed by atoms with van der Waals surface area (Å²) in [5, 5.41) is 0.866. The molecule has 0 radical (unpaired) electrons. The molecule has 7 nitrogen and oxygen atoms in total. The van der Waals surface area contributed by atoms with Crippen LogP contribution in [0.3, 0.4) is 0 Å². The molecule has 1 aliphatic heterocycles. The van der Waals surface area contributed by atoms with E-state index >= 15 is 0 Å². The lowest BCUT2D eigenvalue weighted by Crippen LogP contribution is -2.37. The van der Waals surface area contributed by atoms with Gasteiger partial charge in [0.1, 0.15) is 0 Å². The van der Waals surface area contributed by atoms with Crippen LogP contribution in [0.4, 0.5) is 5.69 Å². The van der Waals surface area contributed by atoms with Crippen molar-refractivity contribution >= 4 is 83.6 Å². The number of imide groups is 1. The van der Waals surface area contributed by atoms with Gasteiger partial charge in [0, 0.05) is 26.2 Å². The number of hydrogen-bond donors (Lipinski definition) is 0. The van der Waals surface area contributed by atoms with Crippen LogP contribution in [0.5, 0.6) is 0 Å². The highest BCUT2D eigenvalue weighted by atomic mass is 79.9. The molecule has 234 valence electrons. The van der Waals surface area contributed by atoms with E-state index in [1.807, 2.05) is 13.0 Å². The van der Waals surface area contributed by atoms with E-state index in [2.05, 4.69) is 31.9 Å². The zero-order chi connectivity index (χ0) is 32.3. The first-order valence-electron chi connectivity index (χ1n) is 15.4. The van der Waals surface area contributed by atoms with E-state index in [0.29, 0.717) is 51.3 Å². The highest BCUT2D eigenvalue weighted by molar-refractivity contribution is 9.12. The predicted molar refractivity (Wildman–Crippen MR) is 184 cm³/mol. The molecule has 7 unspecified atom stereocenters. The minimum absolute atomic E-state index is 0.129. The van der Waals surface area contributed by atoms with Crippen LogP contribution >= 0.6 is 43.5 Å². The second-order valence-corrected chi connectivity index (χ2v) is 14.7. The van der Waals surface area contributed by atoms with Gasteiger partial charge in [-0.3, -0.25) is 19.3 Å². The average Bonchev–Trinajstić information content (AvgIpc) is 3.69. The number of para-hydroxylation sites is 1. The highest BCUT2D eigenvalue weighted by Crippen LogP contribution is 2.60. The third kappa shape index (κ3) is 5.11. The summed E-state index contributed by atoms with van der Waals surface area (Å²) in [6, 6.07) is 22.6. The van der Waals surface area contributed by atoms with E-state index in [-0.39, 0.29) is 56.5 Å². The first-order chi connectivity index (χ1) is 22.2. The second kappa shape index (κ2) is 12.3. The first kappa shape index (κ1) is 31.2. The monoisotopic (exact) mass is 762 g/mol. The Morgan fingerprint density at radius 3 is 2.22 bits per heavy atom. The summed E-state index contributed by atoms with van der Waals surface area (Å²) in [7, 11) is 0. The van der Waals surface area contributed by atoms with Crippen molar-refractivity contribution in [2.45, 2.75) is 41.9 Å². The normalized spacial score (nSPS) is 25.6. The van der Waals surface area contributed by atoms with Crippen LogP contribution in [0.1, 0.15) is 46.9 Å². The van der Waals surface area contributed by atoms with Crippen LogP contribution < -0.4 is 4.90 Å². The number of hydrogen-bond acceptors (Lipinski definition) is 6. The fourth-order valence-corrected chi connectivity index (χ4v) is 9.49. The number of aromatic nitrogens is 1. The molecule has 2 heterocycles. The minimum atomic E-state index is -0.949. The Morgan fingerprint density at radius 1 is 0.935 bits per heavy atom. The molecule has 3 aromatic carbocycles. The van der Waals surface area contributed by atoms with Gasteiger partial charge >= 0.3 is 5.97 Å². The largest absolute Gasteiger partial charge is 0.450 e. The number of pyridine rings is 1. The van der Waals surface area contributed by atoms with E-state index in [4.69, 9.17) is 21.3 Å². The highest BCUT2D eigenvalue weighted by Gasteiger charge is 2.66. The number of carbonyl (C=O) groups is 4. The number of ether oxygens (including phenoxy) is 1.